The Morgan fingerprint density at radius 1 is 1.26 bits per heavy atom. The number of nitrogens with one attached hydrogen (secondary N) is 2. The second-order valence-corrected chi connectivity index (χ2v) is 6.64. The minimum Gasteiger partial charge on any atom is -0.508 e. The lowest BCUT2D eigenvalue weighted by Gasteiger charge is -2.32. The molecule has 1 saturated heterocycles. The van der Waals surface area contributed by atoms with Gasteiger partial charge in [0, 0.05) is 32.2 Å². The number of likely N-dealkylation sites (tertiary alicyclic amines) is 1. The molecule has 2 rings (SSSR count). The fourth-order valence-corrected chi connectivity index (χ4v) is 3.07. The number of phenols is 1. The van der Waals surface area contributed by atoms with Crippen molar-refractivity contribution >= 4 is 12.1 Å². The first-order chi connectivity index (χ1) is 13.1. The molecule has 0 atom stereocenters. The monoisotopic (exact) mass is 376 g/mol. The summed E-state index contributed by atoms with van der Waals surface area (Å²) in [5.41, 5.74) is 1.20. The van der Waals surface area contributed by atoms with Crippen molar-refractivity contribution < 1.29 is 14.6 Å². The van der Waals surface area contributed by atoms with E-state index < -0.39 is 0 Å². The molecule has 1 aliphatic heterocycles. The third-order valence-electron chi connectivity index (χ3n) is 4.54. The number of nitrogens with zero attached hydrogens (tertiary/aromatic N) is 2. The second kappa shape index (κ2) is 11.3. The zero-order valence-corrected chi connectivity index (χ0v) is 16.4. The van der Waals surface area contributed by atoms with Crippen molar-refractivity contribution in [2.75, 3.05) is 32.8 Å². The Kier molecular flexibility index (Phi) is 8.74. The molecule has 1 aromatic carbocycles. The summed E-state index contributed by atoms with van der Waals surface area (Å²) in [6.07, 6.45) is 3.43. The minimum absolute atomic E-state index is 0.217. The molecule has 1 heterocycles. The lowest BCUT2D eigenvalue weighted by Crippen LogP contribution is -2.49. The van der Waals surface area contributed by atoms with Gasteiger partial charge in [0.2, 0.25) is 0 Å². The smallest absolute Gasteiger partial charge is 0.409 e. The van der Waals surface area contributed by atoms with Crippen LogP contribution in [0.1, 0.15) is 38.7 Å². The number of amides is 1. The largest absolute Gasteiger partial charge is 0.508 e. The number of carbonyl (C=O) groups excluding carboxylic acids is 1. The van der Waals surface area contributed by atoms with Gasteiger partial charge in [0.15, 0.2) is 5.96 Å². The SMILES string of the molecule is CCNC(=NCCCc1ccc(O)cc1)NC1CCN(C(=O)OCC)CC1. The summed E-state index contributed by atoms with van der Waals surface area (Å²) in [6.45, 7) is 7.25. The zero-order valence-electron chi connectivity index (χ0n) is 16.4. The molecule has 0 bridgehead atoms. The molecule has 27 heavy (non-hydrogen) atoms. The molecule has 150 valence electrons. The van der Waals surface area contributed by atoms with Crippen LogP contribution in [-0.4, -0.2) is 60.9 Å². The molecule has 0 spiro atoms. The number of hydrogen-bond acceptors (Lipinski definition) is 4. The Balaban J connectivity index is 1.75. The highest BCUT2D eigenvalue weighted by molar-refractivity contribution is 5.80. The van der Waals surface area contributed by atoms with E-state index in [0.29, 0.717) is 31.5 Å². The molecular weight excluding hydrogens is 344 g/mol. The van der Waals surface area contributed by atoms with E-state index in [1.165, 1.54) is 5.56 Å². The van der Waals surface area contributed by atoms with Crippen LogP contribution in [0.25, 0.3) is 0 Å². The van der Waals surface area contributed by atoms with Gasteiger partial charge in [0.25, 0.3) is 0 Å². The summed E-state index contributed by atoms with van der Waals surface area (Å²) in [6, 6.07) is 7.63. The average Bonchev–Trinajstić information content (AvgIpc) is 2.67. The average molecular weight is 377 g/mol. The summed E-state index contributed by atoms with van der Waals surface area (Å²) in [4.78, 5) is 18.2. The highest BCUT2D eigenvalue weighted by atomic mass is 16.6. The third-order valence-corrected chi connectivity index (χ3v) is 4.54. The standard InChI is InChI=1S/C20H32N4O3/c1-3-21-19(22-13-5-6-16-7-9-18(25)10-8-16)23-17-11-14-24(15-12-17)20(26)27-4-2/h7-10,17,25H,3-6,11-15H2,1-2H3,(H2,21,22,23). The number of aryl methyl sites for hydroxylation is 1. The highest BCUT2D eigenvalue weighted by Crippen LogP contribution is 2.12. The Labute approximate surface area is 161 Å². The van der Waals surface area contributed by atoms with E-state index in [4.69, 9.17) is 4.74 Å². The Hall–Kier alpha value is -2.44. The summed E-state index contributed by atoms with van der Waals surface area (Å²) < 4.78 is 5.06. The van der Waals surface area contributed by atoms with E-state index in [9.17, 15) is 9.90 Å². The van der Waals surface area contributed by atoms with Crippen LogP contribution in [-0.2, 0) is 11.2 Å². The summed E-state index contributed by atoms with van der Waals surface area (Å²) in [7, 11) is 0. The third kappa shape index (κ3) is 7.37. The molecule has 0 unspecified atom stereocenters. The zero-order chi connectivity index (χ0) is 19.5. The van der Waals surface area contributed by atoms with Gasteiger partial charge >= 0.3 is 6.09 Å². The quantitative estimate of drug-likeness (QED) is 0.387. The molecule has 7 heteroatoms. The first-order valence-electron chi connectivity index (χ1n) is 9.86. The molecular formula is C20H32N4O3. The molecule has 7 nitrogen and oxygen atoms in total. The van der Waals surface area contributed by atoms with E-state index in [1.54, 1.807) is 17.0 Å². The molecule has 0 aromatic heterocycles. The van der Waals surface area contributed by atoms with Gasteiger partial charge in [-0.1, -0.05) is 12.1 Å². The van der Waals surface area contributed by atoms with Gasteiger partial charge in [-0.15, -0.1) is 0 Å². The van der Waals surface area contributed by atoms with Crippen molar-refractivity contribution in [2.24, 2.45) is 4.99 Å². The predicted molar refractivity (Wildman–Crippen MR) is 107 cm³/mol. The van der Waals surface area contributed by atoms with E-state index in [2.05, 4.69) is 22.5 Å². The maximum Gasteiger partial charge on any atom is 0.409 e. The van der Waals surface area contributed by atoms with Crippen molar-refractivity contribution in [1.29, 1.82) is 0 Å². The fraction of sp³-hybridized carbons (Fsp3) is 0.600. The molecule has 0 saturated carbocycles. The van der Waals surface area contributed by atoms with Crippen LogP contribution in [0.2, 0.25) is 0 Å². The number of aromatic hydroxyl groups is 1. The van der Waals surface area contributed by atoms with Crippen LogP contribution in [0.5, 0.6) is 5.75 Å². The molecule has 1 aromatic rings. The normalized spacial score (nSPS) is 15.5. The van der Waals surface area contributed by atoms with Gasteiger partial charge < -0.3 is 25.4 Å². The molecule has 0 aliphatic carbocycles. The van der Waals surface area contributed by atoms with Gasteiger partial charge in [-0.05, 0) is 57.2 Å². The predicted octanol–water partition coefficient (Wildman–Crippen LogP) is 2.50. The van der Waals surface area contributed by atoms with Crippen molar-refractivity contribution in [2.45, 2.75) is 45.6 Å². The van der Waals surface area contributed by atoms with E-state index >= 15 is 0 Å². The second-order valence-electron chi connectivity index (χ2n) is 6.64. The summed E-state index contributed by atoms with van der Waals surface area (Å²) in [5, 5.41) is 16.1. The van der Waals surface area contributed by atoms with Crippen LogP contribution in [0.3, 0.4) is 0 Å². The first kappa shape index (κ1) is 20.9. The summed E-state index contributed by atoms with van der Waals surface area (Å²) in [5.74, 6) is 1.13. The number of rotatable bonds is 7. The Bertz CT molecular complexity index is 596. The molecule has 3 N–H and O–H groups in total. The van der Waals surface area contributed by atoms with Gasteiger partial charge in [0.1, 0.15) is 5.75 Å². The molecule has 0 radical (unpaired) electrons. The van der Waals surface area contributed by atoms with Crippen LogP contribution in [0.15, 0.2) is 29.3 Å². The maximum absolute atomic E-state index is 11.8. The van der Waals surface area contributed by atoms with Crippen molar-refractivity contribution in [3.05, 3.63) is 29.8 Å². The highest BCUT2D eigenvalue weighted by Gasteiger charge is 2.23. The van der Waals surface area contributed by atoms with E-state index in [0.717, 1.165) is 44.7 Å². The van der Waals surface area contributed by atoms with Gasteiger partial charge in [-0.3, -0.25) is 4.99 Å². The maximum atomic E-state index is 11.8. The van der Waals surface area contributed by atoms with Crippen LogP contribution in [0, 0.1) is 0 Å². The van der Waals surface area contributed by atoms with E-state index in [1.807, 2.05) is 19.1 Å². The van der Waals surface area contributed by atoms with Crippen LogP contribution >= 0.6 is 0 Å². The lowest BCUT2D eigenvalue weighted by atomic mass is 10.1. The first-order valence-corrected chi connectivity index (χ1v) is 9.86. The Morgan fingerprint density at radius 3 is 2.59 bits per heavy atom. The van der Waals surface area contributed by atoms with E-state index in [-0.39, 0.29) is 6.09 Å². The number of ether oxygens (including phenoxy) is 1. The summed E-state index contributed by atoms with van der Waals surface area (Å²) >= 11 is 0. The minimum atomic E-state index is -0.217. The number of benzene rings is 1. The van der Waals surface area contributed by atoms with Crippen LogP contribution in [0.4, 0.5) is 4.79 Å². The van der Waals surface area contributed by atoms with Crippen molar-refractivity contribution in [3.63, 3.8) is 0 Å². The van der Waals surface area contributed by atoms with Gasteiger partial charge in [0.05, 0.1) is 6.61 Å². The topological polar surface area (TPSA) is 86.2 Å². The number of phenolic OH excluding ortho intramolecular Hbond substituents is 1. The molecule has 1 amide bonds. The number of guanidine groups is 1. The number of carbonyl (C=O) groups is 1. The van der Waals surface area contributed by atoms with Gasteiger partial charge in [-0.25, -0.2) is 4.79 Å². The lowest BCUT2D eigenvalue weighted by molar-refractivity contribution is 0.0963. The number of aliphatic imine (C=N–C) groups is 1. The molecule has 1 fully saturated rings. The fourth-order valence-electron chi connectivity index (χ4n) is 3.07. The van der Waals surface area contributed by atoms with Crippen molar-refractivity contribution in [3.8, 4) is 5.75 Å². The van der Waals surface area contributed by atoms with Gasteiger partial charge in [-0.2, -0.15) is 0 Å². The van der Waals surface area contributed by atoms with Crippen LogP contribution < -0.4 is 10.6 Å². The number of piperidine rings is 1. The molecule has 1 aliphatic rings. The Morgan fingerprint density at radius 2 is 1.96 bits per heavy atom. The van der Waals surface area contributed by atoms with Crippen molar-refractivity contribution in [1.82, 2.24) is 15.5 Å². The number of hydrogen-bond donors (Lipinski definition) is 3.